The van der Waals surface area contributed by atoms with Crippen LogP contribution in [0, 0.1) is 0 Å². The number of hydrogen-bond donors (Lipinski definition) is 2. The van der Waals surface area contributed by atoms with Crippen LogP contribution in [-0.4, -0.2) is 42.3 Å². The van der Waals surface area contributed by atoms with Crippen LogP contribution in [0.15, 0.2) is 24.4 Å². The summed E-state index contributed by atoms with van der Waals surface area (Å²) in [6, 6.07) is 4.85. The predicted molar refractivity (Wildman–Crippen MR) is 90.4 cm³/mol. The van der Waals surface area contributed by atoms with Crippen LogP contribution in [0.1, 0.15) is 20.8 Å². The smallest absolute Gasteiger partial charge is 0.408 e. The summed E-state index contributed by atoms with van der Waals surface area (Å²) in [5.41, 5.74) is 0.959. The van der Waals surface area contributed by atoms with Crippen molar-refractivity contribution in [2.45, 2.75) is 32.4 Å². The lowest BCUT2D eigenvalue weighted by molar-refractivity contribution is -0.120. The molecule has 1 aliphatic heterocycles. The number of carbonyl (C=O) groups is 2. The lowest BCUT2D eigenvalue weighted by atomic mass is 10.2. The molecule has 7 nitrogen and oxygen atoms in total. The van der Waals surface area contributed by atoms with Crippen LogP contribution in [0.5, 0.6) is 5.75 Å². The van der Waals surface area contributed by atoms with Gasteiger partial charge in [-0.2, -0.15) is 0 Å². The number of likely N-dealkylation sites (N-methyl/N-ethyl adjacent to an activating group) is 1. The molecule has 1 atom stereocenters. The van der Waals surface area contributed by atoms with E-state index in [4.69, 9.17) is 9.47 Å². The van der Waals surface area contributed by atoms with Crippen LogP contribution in [0.2, 0.25) is 0 Å². The van der Waals surface area contributed by atoms with E-state index >= 15 is 0 Å². The molecule has 2 heterocycles. The highest BCUT2D eigenvalue weighted by molar-refractivity contribution is 6.02. The zero-order chi connectivity index (χ0) is 17.5. The number of anilines is 1. The van der Waals surface area contributed by atoms with Crippen LogP contribution in [-0.2, 0) is 9.53 Å². The summed E-state index contributed by atoms with van der Waals surface area (Å²) in [5.74, 6) is 0.337. The number of nitrogens with one attached hydrogen (secondary N) is 2. The van der Waals surface area contributed by atoms with Gasteiger partial charge in [0.2, 0.25) is 0 Å². The maximum absolute atomic E-state index is 12.7. The fourth-order valence-electron chi connectivity index (χ4n) is 2.60. The van der Waals surface area contributed by atoms with Gasteiger partial charge in [0.05, 0.1) is 5.69 Å². The quantitative estimate of drug-likeness (QED) is 0.840. The number of aromatic nitrogens is 1. The van der Waals surface area contributed by atoms with Crippen molar-refractivity contribution in [1.29, 1.82) is 0 Å². The van der Waals surface area contributed by atoms with Crippen molar-refractivity contribution in [3.63, 3.8) is 0 Å². The van der Waals surface area contributed by atoms with E-state index in [1.807, 2.05) is 24.4 Å². The molecule has 1 aliphatic rings. The highest BCUT2D eigenvalue weighted by Gasteiger charge is 2.32. The number of amides is 2. The molecule has 0 aliphatic carbocycles. The van der Waals surface area contributed by atoms with Crippen LogP contribution >= 0.6 is 0 Å². The normalized spacial score (nSPS) is 17.9. The van der Waals surface area contributed by atoms with E-state index in [1.54, 1.807) is 27.8 Å². The second-order valence-corrected chi connectivity index (χ2v) is 6.79. The monoisotopic (exact) mass is 331 g/mol. The first-order chi connectivity index (χ1) is 11.2. The van der Waals surface area contributed by atoms with Gasteiger partial charge < -0.3 is 24.7 Å². The minimum absolute atomic E-state index is 0.0433. The molecular weight excluding hydrogens is 310 g/mol. The maximum Gasteiger partial charge on any atom is 0.408 e. The molecule has 128 valence electrons. The summed E-state index contributed by atoms with van der Waals surface area (Å²) in [7, 11) is 1.66. The van der Waals surface area contributed by atoms with E-state index in [1.165, 1.54) is 4.90 Å². The lowest BCUT2D eigenvalue weighted by Crippen LogP contribution is -2.50. The highest BCUT2D eigenvalue weighted by Crippen LogP contribution is 2.34. The molecule has 1 unspecified atom stereocenters. The molecule has 0 bridgehead atoms. The van der Waals surface area contributed by atoms with E-state index in [0.717, 1.165) is 10.9 Å². The summed E-state index contributed by atoms with van der Waals surface area (Å²) in [6.07, 6.45) is 1.19. The van der Waals surface area contributed by atoms with Gasteiger partial charge in [0.15, 0.2) is 0 Å². The summed E-state index contributed by atoms with van der Waals surface area (Å²) in [6.45, 7) is 5.34. The number of ether oxygens (including phenoxy) is 2. The molecule has 0 fully saturated rings. The van der Waals surface area contributed by atoms with Crippen molar-refractivity contribution >= 4 is 28.6 Å². The van der Waals surface area contributed by atoms with Crippen molar-refractivity contribution in [1.82, 2.24) is 10.3 Å². The molecular formula is C17H21N3O4. The van der Waals surface area contributed by atoms with Crippen molar-refractivity contribution < 1.29 is 19.1 Å². The Morgan fingerprint density at radius 1 is 1.42 bits per heavy atom. The molecule has 0 radical (unpaired) electrons. The van der Waals surface area contributed by atoms with E-state index in [-0.39, 0.29) is 12.5 Å². The average molecular weight is 331 g/mol. The minimum atomic E-state index is -0.810. The molecule has 0 spiro atoms. The fraction of sp³-hybridized carbons (Fsp3) is 0.412. The summed E-state index contributed by atoms with van der Waals surface area (Å²) in [4.78, 5) is 29.2. The Morgan fingerprint density at radius 3 is 2.88 bits per heavy atom. The van der Waals surface area contributed by atoms with E-state index in [2.05, 4.69) is 10.3 Å². The maximum atomic E-state index is 12.7. The van der Waals surface area contributed by atoms with Gasteiger partial charge >= 0.3 is 6.09 Å². The standard InChI is InChI=1S/C17H21N3O4/c1-17(2,3)24-16(22)19-12-9-23-14-8-11-10(5-6-18-11)7-13(14)20(4)15(12)21/h5-8,12,18H,9H2,1-4H3,(H,19,22). The van der Waals surface area contributed by atoms with Crippen molar-refractivity contribution in [3.8, 4) is 5.75 Å². The van der Waals surface area contributed by atoms with Gasteiger partial charge in [0.25, 0.3) is 5.91 Å². The molecule has 0 saturated carbocycles. The second-order valence-electron chi connectivity index (χ2n) is 6.79. The highest BCUT2D eigenvalue weighted by atomic mass is 16.6. The van der Waals surface area contributed by atoms with Gasteiger partial charge in [0.1, 0.15) is 24.0 Å². The van der Waals surface area contributed by atoms with Gasteiger partial charge in [-0.1, -0.05) is 0 Å². The van der Waals surface area contributed by atoms with Gasteiger partial charge in [-0.3, -0.25) is 4.79 Å². The Hall–Kier alpha value is -2.70. The molecule has 24 heavy (non-hydrogen) atoms. The van der Waals surface area contributed by atoms with E-state index < -0.39 is 17.7 Å². The summed E-state index contributed by atoms with van der Waals surface area (Å²) >= 11 is 0. The Labute approximate surface area is 139 Å². The van der Waals surface area contributed by atoms with Crippen LogP contribution in [0.3, 0.4) is 0 Å². The number of fused-ring (bicyclic) bond motifs is 2. The van der Waals surface area contributed by atoms with Crippen LogP contribution < -0.4 is 15.0 Å². The topological polar surface area (TPSA) is 83.7 Å². The number of H-pyrrole nitrogens is 1. The average Bonchev–Trinajstić information content (AvgIpc) is 2.90. The summed E-state index contributed by atoms with van der Waals surface area (Å²) in [5, 5.41) is 3.56. The third-order valence-corrected chi connectivity index (χ3v) is 3.72. The molecule has 0 saturated heterocycles. The number of benzene rings is 1. The molecule has 2 N–H and O–H groups in total. The summed E-state index contributed by atoms with van der Waals surface area (Å²) < 4.78 is 11.0. The lowest BCUT2D eigenvalue weighted by Gasteiger charge is -2.23. The van der Waals surface area contributed by atoms with Crippen molar-refractivity contribution in [2.24, 2.45) is 0 Å². The van der Waals surface area contributed by atoms with E-state index in [0.29, 0.717) is 11.4 Å². The number of rotatable bonds is 1. The largest absolute Gasteiger partial charge is 0.489 e. The first-order valence-electron chi connectivity index (χ1n) is 7.75. The minimum Gasteiger partial charge on any atom is -0.489 e. The first-order valence-corrected chi connectivity index (χ1v) is 7.75. The molecule has 2 amide bonds. The SMILES string of the molecule is CN1C(=O)C(NC(=O)OC(C)(C)C)COc2cc3[nH]ccc3cc21. The van der Waals surface area contributed by atoms with Gasteiger partial charge in [0, 0.05) is 30.2 Å². The number of nitrogens with zero attached hydrogens (tertiary/aromatic N) is 1. The number of hydrogen-bond acceptors (Lipinski definition) is 4. The Balaban J connectivity index is 1.82. The molecule has 3 rings (SSSR count). The molecule has 1 aromatic heterocycles. The van der Waals surface area contributed by atoms with Crippen LogP contribution in [0.25, 0.3) is 10.9 Å². The predicted octanol–water partition coefficient (Wildman–Crippen LogP) is 2.42. The Bertz CT molecular complexity index is 791. The van der Waals surface area contributed by atoms with Gasteiger partial charge in [-0.15, -0.1) is 0 Å². The fourth-order valence-corrected chi connectivity index (χ4v) is 2.60. The van der Waals surface area contributed by atoms with E-state index in [9.17, 15) is 9.59 Å². The first kappa shape index (κ1) is 16.2. The third kappa shape index (κ3) is 3.15. The third-order valence-electron chi connectivity index (χ3n) is 3.72. The zero-order valence-electron chi connectivity index (χ0n) is 14.2. The number of carbonyl (C=O) groups excluding carboxylic acids is 2. The second kappa shape index (κ2) is 5.74. The molecule has 7 heteroatoms. The Morgan fingerprint density at radius 2 is 2.17 bits per heavy atom. The van der Waals surface area contributed by atoms with Crippen LogP contribution in [0.4, 0.5) is 10.5 Å². The van der Waals surface area contributed by atoms with Crippen molar-refractivity contribution in [3.05, 3.63) is 24.4 Å². The van der Waals surface area contributed by atoms with Crippen molar-refractivity contribution in [2.75, 3.05) is 18.6 Å². The number of aromatic amines is 1. The zero-order valence-corrected chi connectivity index (χ0v) is 14.2. The van der Waals surface area contributed by atoms with Gasteiger partial charge in [-0.25, -0.2) is 4.79 Å². The van der Waals surface area contributed by atoms with Gasteiger partial charge in [-0.05, 0) is 32.9 Å². The number of alkyl carbamates (subject to hydrolysis) is 1. The molecule has 2 aromatic rings. The Kier molecular flexibility index (Phi) is 3.87. The molecule has 1 aromatic carbocycles.